The van der Waals surface area contributed by atoms with Crippen LogP contribution in [0.4, 0.5) is 4.79 Å². The van der Waals surface area contributed by atoms with E-state index in [4.69, 9.17) is 4.74 Å². The number of imidazole rings is 1. The van der Waals surface area contributed by atoms with Crippen LogP contribution in [0, 0.1) is 0 Å². The van der Waals surface area contributed by atoms with Crippen LogP contribution in [0.15, 0.2) is 78.6 Å². The first-order valence-corrected chi connectivity index (χ1v) is 14.3. The molecule has 2 heterocycles. The number of piperazine rings is 1. The van der Waals surface area contributed by atoms with Gasteiger partial charge in [-0.2, -0.15) is 0 Å². The van der Waals surface area contributed by atoms with Crippen molar-refractivity contribution in [2.24, 2.45) is 0 Å². The van der Waals surface area contributed by atoms with Gasteiger partial charge in [-0.1, -0.05) is 67.1 Å². The van der Waals surface area contributed by atoms with E-state index < -0.39 is 6.09 Å². The molecule has 2 aliphatic rings. The second-order valence-electron chi connectivity index (χ2n) is 10.5. The highest BCUT2D eigenvalue weighted by Gasteiger charge is 2.36. The summed E-state index contributed by atoms with van der Waals surface area (Å²) in [5, 5.41) is 9.69. The third-order valence-electron chi connectivity index (χ3n) is 7.92. The zero-order valence-corrected chi connectivity index (χ0v) is 23.3. The minimum absolute atomic E-state index is 0.124. The summed E-state index contributed by atoms with van der Waals surface area (Å²) in [6, 6.07) is 19.1. The number of carbonyl (C=O) groups is 3. The van der Waals surface area contributed by atoms with Gasteiger partial charge in [-0.15, -0.1) is 0 Å². The minimum atomic E-state index is -0.984. The summed E-state index contributed by atoms with van der Waals surface area (Å²) in [4.78, 5) is 46.4. The molecule has 0 radical (unpaired) electrons. The van der Waals surface area contributed by atoms with Crippen molar-refractivity contribution in [3.63, 3.8) is 0 Å². The minimum Gasteiger partial charge on any atom is -0.465 e. The molecule has 2 atom stereocenters. The van der Waals surface area contributed by atoms with Crippen molar-refractivity contribution in [3.05, 3.63) is 89.9 Å². The number of hydrogen-bond acceptors (Lipinski definition) is 5. The first kappa shape index (κ1) is 28.1. The predicted octanol–water partition coefficient (Wildman–Crippen LogP) is 5.20. The first-order chi connectivity index (χ1) is 20.0. The molecule has 0 unspecified atom stereocenters. The number of carbonyl (C=O) groups excluding carboxylic acids is 2. The number of hydrogen-bond donors (Lipinski definition) is 1. The van der Waals surface area contributed by atoms with Gasteiger partial charge in [0.1, 0.15) is 0 Å². The monoisotopic (exact) mass is 556 g/mol. The third kappa shape index (κ3) is 6.34. The van der Waals surface area contributed by atoms with E-state index in [2.05, 4.69) is 4.98 Å². The Bertz CT molecular complexity index is 1400. The lowest BCUT2D eigenvalue weighted by Crippen LogP contribution is -2.57. The summed E-state index contributed by atoms with van der Waals surface area (Å²) < 4.78 is 7.24. The maximum atomic E-state index is 14.3. The van der Waals surface area contributed by atoms with Gasteiger partial charge in [0.15, 0.2) is 5.69 Å². The summed E-state index contributed by atoms with van der Waals surface area (Å²) in [6.45, 7) is 2.85. The molecule has 0 bridgehead atoms. The van der Waals surface area contributed by atoms with Crippen molar-refractivity contribution in [1.29, 1.82) is 0 Å². The number of amides is 2. The van der Waals surface area contributed by atoms with Crippen LogP contribution in [0.2, 0.25) is 0 Å². The van der Waals surface area contributed by atoms with Crippen molar-refractivity contribution in [2.75, 3.05) is 26.2 Å². The Balaban J connectivity index is 1.53. The molecule has 9 nitrogen and oxygen atoms in total. The van der Waals surface area contributed by atoms with Gasteiger partial charge in [0.2, 0.25) is 0 Å². The van der Waals surface area contributed by atoms with Crippen molar-refractivity contribution in [3.8, 4) is 11.3 Å². The molecular weight excluding hydrogens is 520 g/mol. The summed E-state index contributed by atoms with van der Waals surface area (Å²) >= 11 is 0. The number of rotatable bonds is 7. The quantitative estimate of drug-likeness (QED) is 0.317. The average molecular weight is 557 g/mol. The number of ether oxygens (including phenoxy) is 1. The standard InChI is InChI=1S/C32H36N4O5/c1-2-41-28(37)20-25-15-9-10-16-27(25)36-22-33-29(30(36)24-13-7-4-8-14-24)31(38)35-18-17-34(32(39)40)21-26(35)19-23-11-5-3-6-12-23/h3-8,11-14,20,22,26-27H,2,9-10,15-19,21H2,1H3,(H,39,40)/b25-20+/t26-,27+/m1/s1. The molecule has 1 aliphatic carbocycles. The second-order valence-corrected chi connectivity index (χ2v) is 10.5. The van der Waals surface area contributed by atoms with Crippen LogP contribution in [0.25, 0.3) is 11.3 Å². The van der Waals surface area contributed by atoms with E-state index in [1.54, 1.807) is 24.2 Å². The number of esters is 1. The zero-order chi connectivity index (χ0) is 28.8. The van der Waals surface area contributed by atoms with Gasteiger partial charge in [0, 0.05) is 31.3 Å². The third-order valence-corrected chi connectivity index (χ3v) is 7.92. The lowest BCUT2D eigenvalue weighted by atomic mass is 9.89. The normalized spacial score (nSPS) is 20.2. The Morgan fingerprint density at radius 2 is 1.76 bits per heavy atom. The van der Waals surface area contributed by atoms with E-state index in [-0.39, 0.29) is 43.6 Å². The van der Waals surface area contributed by atoms with Crippen LogP contribution >= 0.6 is 0 Å². The van der Waals surface area contributed by atoms with Crippen molar-refractivity contribution in [2.45, 2.75) is 51.1 Å². The number of aromatic nitrogens is 2. The van der Waals surface area contributed by atoms with Crippen molar-refractivity contribution < 1.29 is 24.2 Å². The summed E-state index contributed by atoms with van der Waals surface area (Å²) in [5.74, 6) is -0.576. The Hall–Kier alpha value is -4.40. The molecule has 214 valence electrons. The van der Waals surface area contributed by atoms with E-state index in [1.807, 2.05) is 65.2 Å². The van der Waals surface area contributed by atoms with Crippen molar-refractivity contribution >= 4 is 18.0 Å². The number of nitrogens with zero attached hydrogens (tertiary/aromatic N) is 4. The van der Waals surface area contributed by atoms with Gasteiger partial charge >= 0.3 is 12.1 Å². The molecule has 1 N–H and O–H groups in total. The molecule has 2 amide bonds. The maximum absolute atomic E-state index is 14.3. The number of carboxylic acid groups (broad SMARTS) is 1. The van der Waals surface area contributed by atoms with E-state index in [0.29, 0.717) is 24.4 Å². The van der Waals surface area contributed by atoms with Crippen molar-refractivity contribution in [1.82, 2.24) is 19.4 Å². The Morgan fingerprint density at radius 3 is 2.46 bits per heavy atom. The molecule has 41 heavy (non-hydrogen) atoms. The molecule has 1 saturated carbocycles. The maximum Gasteiger partial charge on any atom is 0.407 e. The fourth-order valence-corrected chi connectivity index (χ4v) is 5.97. The van der Waals surface area contributed by atoms with Gasteiger partial charge in [-0.3, -0.25) is 4.79 Å². The van der Waals surface area contributed by atoms with Gasteiger partial charge in [-0.25, -0.2) is 14.6 Å². The molecule has 3 aromatic rings. The molecule has 2 aromatic carbocycles. The number of allylic oxidation sites excluding steroid dienone is 1. The topological polar surface area (TPSA) is 105 Å². The van der Waals surface area contributed by atoms with E-state index >= 15 is 0 Å². The largest absolute Gasteiger partial charge is 0.465 e. The molecule has 0 spiro atoms. The molecule has 1 aromatic heterocycles. The average Bonchev–Trinajstić information content (AvgIpc) is 3.43. The van der Waals surface area contributed by atoms with Gasteiger partial charge in [0.25, 0.3) is 5.91 Å². The smallest absolute Gasteiger partial charge is 0.407 e. The van der Waals surface area contributed by atoms with Crippen LogP contribution in [-0.4, -0.2) is 74.7 Å². The zero-order valence-electron chi connectivity index (χ0n) is 23.3. The molecule has 2 fully saturated rings. The SMILES string of the molecule is CCOC(=O)/C=C1\CCCC[C@@H]1n1cnc(C(=O)N2CCN(C(=O)O)C[C@H]2Cc2ccccc2)c1-c1ccccc1. The van der Waals surface area contributed by atoms with Gasteiger partial charge in [-0.05, 0) is 43.7 Å². The van der Waals surface area contributed by atoms with E-state index in [9.17, 15) is 19.5 Å². The molecule has 9 heteroatoms. The molecule has 1 aliphatic heterocycles. The molecule has 1 saturated heterocycles. The lowest BCUT2D eigenvalue weighted by molar-refractivity contribution is -0.137. The fourth-order valence-electron chi connectivity index (χ4n) is 5.97. The highest BCUT2D eigenvalue weighted by molar-refractivity contribution is 5.98. The second kappa shape index (κ2) is 12.8. The lowest BCUT2D eigenvalue weighted by Gasteiger charge is -2.40. The fraction of sp³-hybridized carbons (Fsp3) is 0.375. The Kier molecular flexibility index (Phi) is 8.82. The van der Waals surface area contributed by atoms with Crippen LogP contribution in [0.1, 0.15) is 54.7 Å². The van der Waals surface area contributed by atoms with Gasteiger partial charge < -0.3 is 24.2 Å². The predicted molar refractivity (Wildman–Crippen MR) is 154 cm³/mol. The Morgan fingerprint density at radius 1 is 1.02 bits per heavy atom. The van der Waals surface area contributed by atoms with Crippen LogP contribution in [0.3, 0.4) is 0 Å². The summed E-state index contributed by atoms with van der Waals surface area (Å²) in [6.07, 6.45) is 6.44. The van der Waals surface area contributed by atoms with Crippen LogP contribution < -0.4 is 0 Å². The van der Waals surface area contributed by atoms with Crippen LogP contribution in [0.5, 0.6) is 0 Å². The highest BCUT2D eigenvalue weighted by Crippen LogP contribution is 2.38. The van der Waals surface area contributed by atoms with Crippen LogP contribution in [-0.2, 0) is 16.0 Å². The molecular formula is C32H36N4O5. The van der Waals surface area contributed by atoms with Gasteiger partial charge in [0.05, 0.1) is 30.7 Å². The summed E-state index contributed by atoms with van der Waals surface area (Å²) in [5.41, 5.74) is 3.90. The van der Waals surface area contributed by atoms with E-state index in [0.717, 1.165) is 42.4 Å². The molecule has 5 rings (SSSR count). The Labute approximate surface area is 240 Å². The summed E-state index contributed by atoms with van der Waals surface area (Å²) in [7, 11) is 0. The number of benzene rings is 2. The first-order valence-electron chi connectivity index (χ1n) is 14.3. The van der Waals surface area contributed by atoms with E-state index in [1.165, 1.54) is 4.90 Å². The highest BCUT2D eigenvalue weighted by atomic mass is 16.5.